The van der Waals surface area contributed by atoms with Crippen molar-refractivity contribution in [3.63, 3.8) is 0 Å². The maximum Gasteiger partial charge on any atom is 0.208 e. The zero-order valence-electron chi connectivity index (χ0n) is 12.9. The van der Waals surface area contributed by atoms with Gasteiger partial charge in [0.25, 0.3) is 0 Å². The van der Waals surface area contributed by atoms with Crippen molar-refractivity contribution in [2.45, 2.75) is 31.6 Å². The largest absolute Gasteiger partial charge is 0.485 e. The Morgan fingerprint density at radius 1 is 1.57 bits per heavy atom. The molecule has 2 atom stereocenters. The molecule has 0 bridgehead atoms. The van der Waals surface area contributed by atoms with E-state index in [1.807, 2.05) is 24.9 Å². The molecule has 6 nitrogen and oxygen atoms in total. The average Bonchev–Trinajstić information content (AvgIpc) is 2.96. The van der Waals surface area contributed by atoms with Gasteiger partial charge in [-0.2, -0.15) is 5.26 Å². The smallest absolute Gasteiger partial charge is 0.208 e. The lowest BCUT2D eigenvalue weighted by Crippen LogP contribution is -2.53. The summed E-state index contributed by atoms with van der Waals surface area (Å²) in [5.74, 6) is 1.44. The summed E-state index contributed by atoms with van der Waals surface area (Å²) in [4.78, 5) is 16.9. The number of nitriles is 1. The molecule has 0 radical (unpaired) electrons. The van der Waals surface area contributed by atoms with Crippen molar-refractivity contribution in [1.82, 2.24) is 4.90 Å². The number of carbonyl (C=O) groups is 1. The van der Waals surface area contributed by atoms with Gasteiger partial charge < -0.3 is 14.7 Å². The predicted octanol–water partition coefficient (Wildman–Crippen LogP) is 1.96. The highest BCUT2D eigenvalue weighted by Gasteiger charge is 2.47. The number of carbonyl (C=O) groups excluding carboxylic acids is 1. The number of aliphatic hydroxyl groups excluding tert-OH is 1. The second-order valence-electron chi connectivity index (χ2n) is 6.05. The minimum Gasteiger partial charge on any atom is -0.485 e. The fraction of sp³-hybridized carbons (Fsp3) is 0.438. The van der Waals surface area contributed by atoms with E-state index in [-0.39, 0.29) is 0 Å². The Morgan fingerprint density at radius 3 is 3.04 bits per heavy atom. The summed E-state index contributed by atoms with van der Waals surface area (Å²) in [6, 6.07) is 4.78. The second kappa shape index (κ2) is 5.87. The summed E-state index contributed by atoms with van der Waals surface area (Å²) >= 11 is 1.49. The molecule has 2 aliphatic heterocycles. The monoisotopic (exact) mass is 331 g/mol. The molecule has 2 unspecified atom stereocenters. The van der Waals surface area contributed by atoms with Crippen LogP contribution in [0.1, 0.15) is 35.8 Å². The molecular weight excluding hydrogens is 314 g/mol. The van der Waals surface area contributed by atoms with E-state index >= 15 is 0 Å². The van der Waals surface area contributed by atoms with E-state index in [0.29, 0.717) is 23.0 Å². The molecule has 0 aromatic heterocycles. The van der Waals surface area contributed by atoms with E-state index in [2.05, 4.69) is 4.99 Å². The number of hydrogen-bond acceptors (Lipinski definition) is 6. The molecule has 0 spiro atoms. The van der Waals surface area contributed by atoms with Crippen molar-refractivity contribution in [3.8, 4) is 11.9 Å². The summed E-state index contributed by atoms with van der Waals surface area (Å²) in [7, 11) is 0. The normalized spacial score (nSPS) is 27.2. The number of thioether (sulfide) groups is 1. The molecule has 1 fully saturated rings. The van der Waals surface area contributed by atoms with Gasteiger partial charge in [-0.25, -0.2) is 0 Å². The molecule has 1 saturated heterocycles. The SMILES string of the molecule is CC1(C)Oc2ccc(C=O)cc2C(N2CCS/C2=N\C#N)C1O. The summed E-state index contributed by atoms with van der Waals surface area (Å²) < 4.78 is 5.91. The van der Waals surface area contributed by atoms with Crippen molar-refractivity contribution in [1.29, 1.82) is 5.26 Å². The molecule has 1 N–H and O–H groups in total. The van der Waals surface area contributed by atoms with E-state index < -0.39 is 17.7 Å². The molecule has 2 heterocycles. The third-order valence-corrected chi connectivity index (χ3v) is 5.13. The lowest BCUT2D eigenvalue weighted by Gasteiger charge is -2.45. The van der Waals surface area contributed by atoms with E-state index in [0.717, 1.165) is 17.6 Å². The lowest BCUT2D eigenvalue weighted by atomic mass is 9.85. The first-order valence-electron chi connectivity index (χ1n) is 7.30. The molecule has 3 rings (SSSR count). The van der Waals surface area contributed by atoms with Gasteiger partial charge in [-0.05, 0) is 32.0 Å². The number of hydrogen-bond donors (Lipinski definition) is 1. The van der Waals surface area contributed by atoms with Gasteiger partial charge in [0.15, 0.2) is 5.17 Å². The Kier molecular flexibility index (Phi) is 4.04. The molecule has 0 amide bonds. The molecule has 0 aliphatic carbocycles. The van der Waals surface area contributed by atoms with Crippen LogP contribution in [0.3, 0.4) is 0 Å². The Labute approximate surface area is 138 Å². The van der Waals surface area contributed by atoms with E-state index in [1.165, 1.54) is 11.8 Å². The van der Waals surface area contributed by atoms with E-state index in [1.54, 1.807) is 18.2 Å². The Hall–Kier alpha value is -2.04. The highest BCUT2D eigenvalue weighted by molar-refractivity contribution is 8.14. The molecule has 7 heteroatoms. The molecule has 23 heavy (non-hydrogen) atoms. The first-order chi connectivity index (χ1) is 11.0. The van der Waals surface area contributed by atoms with Crippen molar-refractivity contribution in [2.24, 2.45) is 4.99 Å². The van der Waals surface area contributed by atoms with Crippen LogP contribution in [0.25, 0.3) is 0 Å². The van der Waals surface area contributed by atoms with Crippen molar-refractivity contribution in [2.75, 3.05) is 12.3 Å². The van der Waals surface area contributed by atoms with Gasteiger partial charge in [-0.1, -0.05) is 11.8 Å². The fourth-order valence-electron chi connectivity index (χ4n) is 3.01. The zero-order chi connectivity index (χ0) is 16.6. The average molecular weight is 331 g/mol. The van der Waals surface area contributed by atoms with Gasteiger partial charge in [0, 0.05) is 23.4 Å². The first-order valence-corrected chi connectivity index (χ1v) is 8.29. The van der Waals surface area contributed by atoms with Crippen molar-refractivity contribution < 1.29 is 14.6 Å². The maximum atomic E-state index is 11.1. The van der Waals surface area contributed by atoms with Crippen molar-refractivity contribution >= 4 is 23.2 Å². The van der Waals surface area contributed by atoms with Gasteiger partial charge in [0.2, 0.25) is 6.19 Å². The number of ether oxygens (including phenoxy) is 1. The molecular formula is C16H17N3O3S. The van der Waals surface area contributed by atoms with E-state index in [9.17, 15) is 9.90 Å². The van der Waals surface area contributed by atoms with Crippen LogP contribution in [0.5, 0.6) is 5.75 Å². The summed E-state index contributed by atoms with van der Waals surface area (Å²) in [6.45, 7) is 4.32. The fourth-order valence-corrected chi connectivity index (χ4v) is 3.95. The Bertz CT molecular complexity index is 711. The van der Waals surface area contributed by atoms with E-state index in [4.69, 9.17) is 10.00 Å². The third-order valence-electron chi connectivity index (χ3n) is 4.16. The van der Waals surface area contributed by atoms with Crippen LogP contribution in [0.2, 0.25) is 0 Å². The number of nitrogens with zero attached hydrogens (tertiary/aromatic N) is 3. The van der Waals surface area contributed by atoms with Crippen molar-refractivity contribution in [3.05, 3.63) is 29.3 Å². The number of aliphatic hydroxyl groups is 1. The summed E-state index contributed by atoms with van der Waals surface area (Å²) in [6.07, 6.45) is 1.77. The molecule has 1 aromatic rings. The Balaban J connectivity index is 2.12. The van der Waals surface area contributed by atoms with Gasteiger partial charge >= 0.3 is 0 Å². The summed E-state index contributed by atoms with van der Waals surface area (Å²) in [5, 5.41) is 20.3. The van der Waals surface area contributed by atoms with Crippen LogP contribution >= 0.6 is 11.8 Å². The maximum absolute atomic E-state index is 11.1. The topological polar surface area (TPSA) is 85.9 Å². The lowest BCUT2D eigenvalue weighted by molar-refractivity contribution is -0.0800. The minimum absolute atomic E-state index is 0.407. The summed E-state index contributed by atoms with van der Waals surface area (Å²) in [5.41, 5.74) is 0.482. The van der Waals surface area contributed by atoms with Crippen LogP contribution in [-0.4, -0.2) is 45.5 Å². The Morgan fingerprint density at radius 2 is 2.35 bits per heavy atom. The number of fused-ring (bicyclic) bond motifs is 1. The molecule has 0 saturated carbocycles. The molecule has 2 aliphatic rings. The zero-order valence-corrected chi connectivity index (χ0v) is 13.7. The predicted molar refractivity (Wildman–Crippen MR) is 87.5 cm³/mol. The quantitative estimate of drug-likeness (QED) is 0.658. The van der Waals surface area contributed by atoms with Gasteiger partial charge in [-0.15, -0.1) is 4.99 Å². The molecule has 120 valence electrons. The number of rotatable bonds is 2. The number of aliphatic imine (C=N–C) groups is 1. The van der Waals surface area contributed by atoms with Gasteiger partial charge in [0.05, 0.1) is 6.04 Å². The first kappa shape index (κ1) is 15.8. The highest BCUT2D eigenvalue weighted by atomic mass is 32.2. The van der Waals surface area contributed by atoms with Gasteiger partial charge in [0.1, 0.15) is 23.7 Å². The van der Waals surface area contributed by atoms with Crippen LogP contribution in [0.4, 0.5) is 0 Å². The minimum atomic E-state index is -0.820. The van der Waals surface area contributed by atoms with Crippen LogP contribution in [-0.2, 0) is 0 Å². The number of benzene rings is 1. The number of aldehydes is 1. The van der Waals surface area contributed by atoms with Crippen LogP contribution in [0.15, 0.2) is 23.2 Å². The highest BCUT2D eigenvalue weighted by Crippen LogP contribution is 2.45. The van der Waals surface area contributed by atoms with Crippen LogP contribution in [0, 0.1) is 11.5 Å². The molecule has 1 aromatic carbocycles. The number of amidine groups is 1. The second-order valence-corrected chi connectivity index (χ2v) is 7.11. The third kappa shape index (κ3) is 2.69. The van der Waals surface area contributed by atoms with Gasteiger partial charge in [-0.3, -0.25) is 4.79 Å². The standard InChI is InChI=1S/C16H17N3O3S/c1-16(2)14(21)13(19-5-6-23-15(19)18-9-17)11-7-10(8-20)3-4-12(11)22-16/h3-4,7-8,13-14,21H,5-6H2,1-2H3/b18-15-. The van der Waals surface area contributed by atoms with Crippen LogP contribution < -0.4 is 4.74 Å².